The van der Waals surface area contributed by atoms with Crippen molar-refractivity contribution in [1.29, 1.82) is 0 Å². The van der Waals surface area contributed by atoms with Gasteiger partial charge in [0, 0.05) is 0 Å². The Morgan fingerprint density at radius 1 is 0.652 bits per heavy atom. The number of hydrogen-bond acceptors (Lipinski definition) is 0. The van der Waals surface area contributed by atoms with Gasteiger partial charge in [0.05, 0.1) is 0 Å². The zero-order valence-electron chi connectivity index (χ0n) is 14.3. The van der Waals surface area contributed by atoms with Gasteiger partial charge in [-0.2, -0.15) is 0 Å². The highest BCUT2D eigenvalue weighted by atomic mass is 14.2. The number of hydrogen-bond donors (Lipinski definition) is 0. The Morgan fingerprint density at radius 2 is 1.22 bits per heavy atom. The lowest BCUT2D eigenvalue weighted by Gasteiger charge is -2.16. The molecule has 0 spiro atoms. The quantitative estimate of drug-likeness (QED) is 0.510. The van der Waals surface area contributed by atoms with Crippen molar-refractivity contribution < 1.29 is 0 Å². The van der Waals surface area contributed by atoms with Crippen molar-refractivity contribution in [3.8, 4) is 22.3 Å². The summed E-state index contributed by atoms with van der Waals surface area (Å²) in [4.78, 5) is 0. The molecule has 0 unspecified atom stereocenters. The van der Waals surface area contributed by atoms with Gasteiger partial charge in [0.15, 0.2) is 0 Å². The van der Waals surface area contributed by atoms with Crippen LogP contribution in [-0.2, 0) is 6.42 Å². The highest BCUT2D eigenvalue weighted by Crippen LogP contribution is 2.35. The number of rotatable bonds is 4. The third-order valence-electron chi connectivity index (χ3n) is 4.37. The molecule has 0 heterocycles. The minimum atomic E-state index is 1.11. The predicted molar refractivity (Wildman–Crippen MR) is 101 cm³/mol. The Labute approximate surface area is 139 Å². The minimum absolute atomic E-state index is 1.11. The Hall–Kier alpha value is -2.34. The SMILES string of the molecule is CCCc1cccc(-c2ccc(C)cc2)c1-c1ccc(C)cc1. The highest BCUT2D eigenvalue weighted by Gasteiger charge is 2.11. The largest absolute Gasteiger partial charge is 0.0651 e. The molecule has 0 aromatic heterocycles. The van der Waals surface area contributed by atoms with Gasteiger partial charge in [-0.25, -0.2) is 0 Å². The van der Waals surface area contributed by atoms with E-state index in [9.17, 15) is 0 Å². The van der Waals surface area contributed by atoms with Gasteiger partial charge in [-0.15, -0.1) is 0 Å². The van der Waals surface area contributed by atoms with Crippen LogP contribution in [0.25, 0.3) is 22.3 Å². The monoisotopic (exact) mass is 300 g/mol. The fraction of sp³-hybridized carbons (Fsp3) is 0.217. The standard InChI is InChI=1S/C23H24/c1-4-6-20-7-5-8-22(19-13-9-17(2)10-14-19)23(20)21-15-11-18(3)12-16-21/h5,7-16H,4,6H2,1-3H3. The summed E-state index contributed by atoms with van der Waals surface area (Å²) in [5, 5.41) is 0. The van der Waals surface area contributed by atoms with E-state index in [4.69, 9.17) is 0 Å². The van der Waals surface area contributed by atoms with Crippen molar-refractivity contribution in [2.45, 2.75) is 33.6 Å². The van der Waals surface area contributed by atoms with Crippen molar-refractivity contribution in [3.63, 3.8) is 0 Å². The third-order valence-corrected chi connectivity index (χ3v) is 4.37. The molecule has 23 heavy (non-hydrogen) atoms. The Kier molecular flexibility index (Phi) is 4.62. The van der Waals surface area contributed by atoms with Crippen LogP contribution in [0.4, 0.5) is 0 Å². The van der Waals surface area contributed by atoms with Crippen molar-refractivity contribution in [1.82, 2.24) is 0 Å². The molecule has 0 nitrogen and oxygen atoms in total. The van der Waals surface area contributed by atoms with Crippen LogP contribution in [0, 0.1) is 13.8 Å². The summed E-state index contributed by atoms with van der Waals surface area (Å²) in [5.74, 6) is 0. The lowest BCUT2D eigenvalue weighted by molar-refractivity contribution is 0.924. The fourth-order valence-electron chi connectivity index (χ4n) is 3.11. The first kappa shape index (κ1) is 15.6. The smallest absolute Gasteiger partial charge is 0.00733 e. The van der Waals surface area contributed by atoms with Gasteiger partial charge in [-0.3, -0.25) is 0 Å². The summed E-state index contributed by atoms with van der Waals surface area (Å²) in [6.45, 7) is 6.53. The van der Waals surface area contributed by atoms with Crippen LogP contribution >= 0.6 is 0 Å². The Balaban J connectivity index is 2.21. The Bertz CT molecular complexity index is 777. The molecular weight excluding hydrogens is 276 g/mol. The van der Waals surface area contributed by atoms with Gasteiger partial charge < -0.3 is 0 Å². The van der Waals surface area contributed by atoms with E-state index in [0.29, 0.717) is 0 Å². The average Bonchev–Trinajstić information content (AvgIpc) is 2.57. The van der Waals surface area contributed by atoms with E-state index in [1.54, 1.807) is 0 Å². The van der Waals surface area contributed by atoms with Crippen molar-refractivity contribution in [3.05, 3.63) is 83.4 Å². The van der Waals surface area contributed by atoms with Crippen molar-refractivity contribution in [2.24, 2.45) is 0 Å². The summed E-state index contributed by atoms with van der Waals surface area (Å²) in [6, 6.07) is 24.5. The molecule has 0 N–H and O–H groups in total. The fourth-order valence-corrected chi connectivity index (χ4v) is 3.11. The molecule has 0 radical (unpaired) electrons. The zero-order chi connectivity index (χ0) is 16.2. The molecule has 0 aliphatic rings. The van der Waals surface area contributed by atoms with Gasteiger partial charge >= 0.3 is 0 Å². The van der Waals surface area contributed by atoms with Gasteiger partial charge in [0.2, 0.25) is 0 Å². The van der Waals surface area contributed by atoms with Gasteiger partial charge in [-0.05, 0) is 48.1 Å². The van der Waals surface area contributed by atoms with Gasteiger partial charge in [0.25, 0.3) is 0 Å². The molecule has 0 aliphatic carbocycles. The summed E-state index contributed by atoms with van der Waals surface area (Å²) >= 11 is 0. The lowest BCUT2D eigenvalue weighted by Crippen LogP contribution is -1.93. The number of aryl methyl sites for hydroxylation is 3. The second kappa shape index (κ2) is 6.83. The average molecular weight is 300 g/mol. The number of benzene rings is 3. The summed E-state index contributed by atoms with van der Waals surface area (Å²) < 4.78 is 0. The molecule has 0 aliphatic heterocycles. The second-order valence-electron chi connectivity index (χ2n) is 6.32. The first-order valence-electron chi connectivity index (χ1n) is 8.45. The summed E-state index contributed by atoms with van der Waals surface area (Å²) in [7, 11) is 0. The first-order chi connectivity index (χ1) is 11.2. The van der Waals surface area contributed by atoms with E-state index < -0.39 is 0 Å². The van der Waals surface area contributed by atoms with E-state index in [2.05, 4.69) is 87.5 Å². The lowest BCUT2D eigenvalue weighted by atomic mass is 9.88. The molecule has 0 fully saturated rings. The molecule has 3 rings (SSSR count). The molecule has 0 atom stereocenters. The first-order valence-corrected chi connectivity index (χ1v) is 8.45. The normalized spacial score (nSPS) is 10.7. The molecule has 0 bridgehead atoms. The van der Waals surface area contributed by atoms with Crippen LogP contribution in [0.15, 0.2) is 66.7 Å². The van der Waals surface area contributed by atoms with Gasteiger partial charge in [0.1, 0.15) is 0 Å². The van der Waals surface area contributed by atoms with Crippen LogP contribution in [0.2, 0.25) is 0 Å². The van der Waals surface area contributed by atoms with Crippen LogP contribution in [0.5, 0.6) is 0 Å². The Morgan fingerprint density at radius 3 is 1.78 bits per heavy atom. The third kappa shape index (κ3) is 3.37. The van der Waals surface area contributed by atoms with E-state index >= 15 is 0 Å². The van der Waals surface area contributed by atoms with E-state index in [1.165, 1.54) is 38.9 Å². The second-order valence-corrected chi connectivity index (χ2v) is 6.32. The molecule has 0 heteroatoms. The zero-order valence-corrected chi connectivity index (χ0v) is 14.3. The van der Waals surface area contributed by atoms with E-state index in [0.717, 1.165) is 12.8 Å². The topological polar surface area (TPSA) is 0 Å². The maximum Gasteiger partial charge on any atom is -0.00733 e. The van der Waals surface area contributed by atoms with Crippen LogP contribution in [-0.4, -0.2) is 0 Å². The van der Waals surface area contributed by atoms with E-state index in [-0.39, 0.29) is 0 Å². The predicted octanol–water partition coefficient (Wildman–Crippen LogP) is 6.59. The molecule has 3 aromatic rings. The van der Waals surface area contributed by atoms with Crippen LogP contribution in [0.1, 0.15) is 30.0 Å². The molecule has 0 amide bonds. The van der Waals surface area contributed by atoms with Crippen LogP contribution < -0.4 is 0 Å². The molecular formula is C23H24. The van der Waals surface area contributed by atoms with Crippen LogP contribution in [0.3, 0.4) is 0 Å². The summed E-state index contributed by atoms with van der Waals surface area (Å²) in [6.07, 6.45) is 2.28. The highest BCUT2D eigenvalue weighted by molar-refractivity contribution is 5.85. The maximum atomic E-state index is 2.27. The van der Waals surface area contributed by atoms with E-state index in [1.807, 2.05) is 0 Å². The van der Waals surface area contributed by atoms with Crippen molar-refractivity contribution >= 4 is 0 Å². The molecule has 3 aromatic carbocycles. The van der Waals surface area contributed by atoms with Crippen molar-refractivity contribution in [2.75, 3.05) is 0 Å². The van der Waals surface area contributed by atoms with Gasteiger partial charge in [-0.1, -0.05) is 91.2 Å². The maximum absolute atomic E-state index is 2.27. The summed E-state index contributed by atoms with van der Waals surface area (Å²) in [5.41, 5.74) is 9.38. The molecule has 0 saturated carbocycles. The molecule has 0 saturated heterocycles. The minimum Gasteiger partial charge on any atom is -0.0651 e. The molecule has 116 valence electrons.